The number of alkyl halides is 3. The Kier molecular flexibility index (Phi) is 4.01. The number of hydrogen-bond donors (Lipinski definition) is 1. The van der Waals surface area contributed by atoms with E-state index in [1.54, 1.807) is 0 Å². The summed E-state index contributed by atoms with van der Waals surface area (Å²) in [5.74, 6) is 4.38. The van der Waals surface area contributed by atoms with Crippen LogP contribution >= 0.6 is 11.6 Å². The second-order valence-corrected chi connectivity index (χ2v) is 3.37. The fraction of sp³-hybridized carbons (Fsp3) is 0.333. The average molecular weight is 256 g/mol. The molecule has 0 saturated heterocycles. The largest absolute Gasteiger partial charge is 0.495 e. The third kappa shape index (κ3) is 2.78. The summed E-state index contributed by atoms with van der Waals surface area (Å²) in [6.07, 6.45) is -4.54. The van der Waals surface area contributed by atoms with E-state index in [2.05, 4.69) is 9.57 Å². The van der Waals surface area contributed by atoms with Gasteiger partial charge in [-0.1, -0.05) is 11.6 Å². The van der Waals surface area contributed by atoms with Gasteiger partial charge >= 0.3 is 6.18 Å². The molecule has 0 amide bonds. The van der Waals surface area contributed by atoms with Crippen LogP contribution in [0, 0.1) is 0 Å². The zero-order chi connectivity index (χ0) is 12.3. The van der Waals surface area contributed by atoms with Gasteiger partial charge in [0, 0.05) is 0 Å². The molecule has 1 aromatic carbocycles. The number of rotatable bonds is 3. The van der Waals surface area contributed by atoms with Crippen LogP contribution in [0.5, 0.6) is 5.75 Å². The van der Waals surface area contributed by atoms with Crippen LogP contribution < -0.4 is 10.6 Å². The molecule has 3 nitrogen and oxygen atoms in total. The molecule has 0 atom stereocenters. The van der Waals surface area contributed by atoms with Crippen molar-refractivity contribution in [2.45, 2.75) is 12.8 Å². The van der Waals surface area contributed by atoms with E-state index in [1.807, 2.05) is 0 Å². The van der Waals surface area contributed by atoms with Crippen molar-refractivity contribution in [1.82, 2.24) is 0 Å². The predicted molar refractivity (Wildman–Crippen MR) is 52.0 cm³/mol. The van der Waals surface area contributed by atoms with Crippen LogP contribution in [0.25, 0.3) is 0 Å². The van der Waals surface area contributed by atoms with Crippen molar-refractivity contribution in [2.75, 3.05) is 7.11 Å². The lowest BCUT2D eigenvalue weighted by Gasteiger charge is -2.14. The van der Waals surface area contributed by atoms with E-state index >= 15 is 0 Å². The number of halogens is 4. The topological polar surface area (TPSA) is 44.5 Å². The van der Waals surface area contributed by atoms with Gasteiger partial charge in [0.1, 0.15) is 5.75 Å². The van der Waals surface area contributed by atoms with Crippen LogP contribution in [0.1, 0.15) is 11.1 Å². The van der Waals surface area contributed by atoms with E-state index in [0.717, 1.165) is 13.2 Å². The summed E-state index contributed by atoms with van der Waals surface area (Å²) in [6.45, 7) is -0.160. The van der Waals surface area contributed by atoms with Crippen molar-refractivity contribution in [1.29, 1.82) is 0 Å². The molecule has 0 aliphatic heterocycles. The highest BCUT2D eigenvalue weighted by Crippen LogP contribution is 2.41. The Morgan fingerprint density at radius 2 is 2.00 bits per heavy atom. The third-order valence-electron chi connectivity index (χ3n) is 1.86. The molecule has 1 aromatic rings. The summed E-state index contributed by atoms with van der Waals surface area (Å²) in [4.78, 5) is 4.26. The van der Waals surface area contributed by atoms with Gasteiger partial charge in [-0.3, -0.25) is 4.84 Å². The van der Waals surface area contributed by atoms with E-state index in [1.165, 1.54) is 6.07 Å². The van der Waals surface area contributed by atoms with Crippen LogP contribution in [0.15, 0.2) is 12.1 Å². The van der Waals surface area contributed by atoms with Crippen LogP contribution in [0.2, 0.25) is 5.02 Å². The van der Waals surface area contributed by atoms with Crippen molar-refractivity contribution < 1.29 is 22.7 Å². The van der Waals surface area contributed by atoms with Gasteiger partial charge in [-0.15, -0.1) is 0 Å². The first-order valence-electron chi connectivity index (χ1n) is 4.15. The van der Waals surface area contributed by atoms with Crippen molar-refractivity contribution in [3.05, 3.63) is 28.3 Å². The van der Waals surface area contributed by atoms with Crippen molar-refractivity contribution in [2.24, 2.45) is 5.90 Å². The predicted octanol–water partition coefficient (Wildman–Crippen LogP) is 2.76. The lowest BCUT2D eigenvalue weighted by molar-refractivity contribution is -0.138. The average Bonchev–Trinajstić information content (AvgIpc) is 2.16. The number of benzene rings is 1. The molecule has 0 heterocycles. The molecular formula is C9H9ClF3NO2. The number of methoxy groups -OCH3 is 1. The smallest absolute Gasteiger partial charge is 0.420 e. The van der Waals surface area contributed by atoms with Gasteiger partial charge in [0.15, 0.2) is 0 Å². The molecule has 0 aromatic heterocycles. The summed E-state index contributed by atoms with van der Waals surface area (Å²) in [6, 6.07) is 2.19. The summed E-state index contributed by atoms with van der Waals surface area (Å²) in [5, 5.41) is -0.135. The standard InChI is InChI=1S/C9H9ClF3NO2/c1-15-8-6(9(11,12)13)2-5(4-16-14)3-7(8)10/h2-3H,4,14H2,1H3. The molecule has 0 saturated carbocycles. The van der Waals surface area contributed by atoms with Gasteiger partial charge in [-0.2, -0.15) is 13.2 Å². The van der Waals surface area contributed by atoms with E-state index in [9.17, 15) is 13.2 Å². The fourth-order valence-electron chi connectivity index (χ4n) is 1.25. The van der Waals surface area contributed by atoms with E-state index < -0.39 is 17.5 Å². The molecule has 0 aliphatic carbocycles. The number of nitrogens with two attached hydrogens (primary N) is 1. The molecule has 0 radical (unpaired) electrons. The summed E-state index contributed by atoms with van der Waals surface area (Å²) in [5.41, 5.74) is -0.727. The number of ether oxygens (including phenoxy) is 1. The Morgan fingerprint density at radius 3 is 2.44 bits per heavy atom. The van der Waals surface area contributed by atoms with E-state index in [0.29, 0.717) is 0 Å². The molecule has 0 bridgehead atoms. The lowest BCUT2D eigenvalue weighted by Crippen LogP contribution is -2.09. The van der Waals surface area contributed by atoms with Gasteiger partial charge < -0.3 is 4.74 Å². The Balaban J connectivity index is 3.31. The quantitative estimate of drug-likeness (QED) is 0.845. The van der Waals surface area contributed by atoms with Gasteiger partial charge in [0.2, 0.25) is 0 Å². The first-order valence-corrected chi connectivity index (χ1v) is 4.53. The normalized spacial score (nSPS) is 11.6. The zero-order valence-electron chi connectivity index (χ0n) is 8.27. The second-order valence-electron chi connectivity index (χ2n) is 2.97. The number of hydrogen-bond acceptors (Lipinski definition) is 3. The molecule has 0 fully saturated rings. The van der Waals surface area contributed by atoms with Crippen molar-refractivity contribution in [3.63, 3.8) is 0 Å². The van der Waals surface area contributed by atoms with Gasteiger partial charge in [0.25, 0.3) is 0 Å². The van der Waals surface area contributed by atoms with E-state index in [-0.39, 0.29) is 17.2 Å². The summed E-state index contributed by atoms with van der Waals surface area (Å²) < 4.78 is 42.5. The molecule has 0 spiro atoms. The zero-order valence-corrected chi connectivity index (χ0v) is 9.02. The minimum absolute atomic E-state index is 0.135. The van der Waals surface area contributed by atoms with Gasteiger partial charge in [-0.25, -0.2) is 5.90 Å². The second kappa shape index (κ2) is 4.90. The molecule has 16 heavy (non-hydrogen) atoms. The molecule has 0 aliphatic rings. The Hall–Kier alpha value is -0.980. The minimum atomic E-state index is -4.54. The molecular weight excluding hydrogens is 247 g/mol. The maximum Gasteiger partial charge on any atom is 0.420 e. The van der Waals surface area contributed by atoms with Crippen molar-refractivity contribution >= 4 is 11.6 Å². The van der Waals surface area contributed by atoms with Gasteiger partial charge in [0.05, 0.1) is 24.3 Å². The molecule has 2 N–H and O–H groups in total. The van der Waals surface area contributed by atoms with Crippen LogP contribution in [-0.2, 0) is 17.6 Å². The SMILES string of the molecule is COc1c(Cl)cc(CON)cc1C(F)(F)F. The van der Waals surface area contributed by atoms with Crippen molar-refractivity contribution in [3.8, 4) is 5.75 Å². The van der Waals surface area contributed by atoms with Gasteiger partial charge in [-0.05, 0) is 17.7 Å². The summed E-state index contributed by atoms with van der Waals surface area (Å²) in [7, 11) is 1.12. The van der Waals surface area contributed by atoms with E-state index in [4.69, 9.17) is 17.5 Å². The highest BCUT2D eigenvalue weighted by atomic mass is 35.5. The summed E-state index contributed by atoms with van der Waals surface area (Å²) >= 11 is 5.66. The fourth-order valence-corrected chi connectivity index (χ4v) is 1.57. The maximum absolute atomic E-state index is 12.6. The Labute approximate surface area is 94.8 Å². The highest BCUT2D eigenvalue weighted by molar-refractivity contribution is 6.32. The minimum Gasteiger partial charge on any atom is -0.495 e. The first-order chi connectivity index (χ1) is 7.40. The first kappa shape index (κ1) is 13.1. The van der Waals surface area contributed by atoms with Crippen LogP contribution in [0.3, 0.4) is 0 Å². The lowest BCUT2D eigenvalue weighted by atomic mass is 10.1. The maximum atomic E-state index is 12.6. The highest BCUT2D eigenvalue weighted by Gasteiger charge is 2.35. The molecule has 7 heteroatoms. The third-order valence-corrected chi connectivity index (χ3v) is 2.14. The molecule has 1 rings (SSSR count). The monoisotopic (exact) mass is 255 g/mol. The molecule has 90 valence electrons. The molecule has 0 unspecified atom stereocenters. The van der Waals surface area contributed by atoms with Crippen LogP contribution in [0.4, 0.5) is 13.2 Å². The Morgan fingerprint density at radius 1 is 1.38 bits per heavy atom. The van der Waals surface area contributed by atoms with Crippen LogP contribution in [-0.4, -0.2) is 7.11 Å². The Bertz CT molecular complexity index is 382.